The van der Waals surface area contributed by atoms with E-state index in [9.17, 15) is 4.79 Å². The van der Waals surface area contributed by atoms with Gasteiger partial charge in [-0.15, -0.1) is 0 Å². The Labute approximate surface area is 93.9 Å². The molecule has 0 aliphatic carbocycles. The van der Waals surface area contributed by atoms with Crippen LogP contribution >= 0.6 is 0 Å². The second-order valence-corrected chi connectivity index (χ2v) is 3.95. The number of hydrazone groups is 1. The number of nitrogens with one attached hydrogen (secondary N) is 1. The van der Waals surface area contributed by atoms with Crippen molar-refractivity contribution in [2.75, 3.05) is 7.05 Å². The van der Waals surface area contributed by atoms with Crippen LogP contribution in [0.5, 0.6) is 0 Å². The molecule has 5 heteroatoms. The summed E-state index contributed by atoms with van der Waals surface area (Å²) >= 11 is 0. The minimum atomic E-state index is -0.935. The lowest BCUT2D eigenvalue weighted by Gasteiger charge is -2.38. The Bertz CT molecular complexity index is 439. The monoisotopic (exact) mass is 218 g/mol. The molecule has 0 saturated heterocycles. The number of amides is 1. The van der Waals surface area contributed by atoms with Crippen LogP contribution in [0.3, 0.4) is 0 Å². The summed E-state index contributed by atoms with van der Waals surface area (Å²) in [4.78, 5) is 13.4. The van der Waals surface area contributed by atoms with Crippen LogP contribution in [0.15, 0.2) is 35.4 Å². The van der Waals surface area contributed by atoms with E-state index in [1.807, 2.05) is 30.3 Å². The molecule has 1 aliphatic rings. The summed E-state index contributed by atoms with van der Waals surface area (Å²) in [5.74, 6) is -1.12. The topological polar surface area (TPSA) is 70.7 Å². The zero-order valence-corrected chi connectivity index (χ0v) is 9.27. The molecule has 3 N–H and O–H groups in total. The van der Waals surface area contributed by atoms with E-state index in [-0.39, 0.29) is 5.91 Å². The van der Waals surface area contributed by atoms with Crippen LogP contribution in [0.2, 0.25) is 0 Å². The minimum Gasteiger partial charge on any atom is -0.304 e. The van der Waals surface area contributed by atoms with E-state index in [1.165, 1.54) is 4.90 Å². The Morgan fingerprint density at radius 2 is 2.00 bits per heavy atom. The van der Waals surface area contributed by atoms with E-state index in [0.29, 0.717) is 5.71 Å². The smallest absolute Gasteiger partial charge is 0.277 e. The molecule has 16 heavy (non-hydrogen) atoms. The Morgan fingerprint density at radius 3 is 2.62 bits per heavy atom. The average molecular weight is 218 g/mol. The molecule has 1 amide bonds. The Morgan fingerprint density at radius 1 is 1.38 bits per heavy atom. The third-order valence-corrected chi connectivity index (χ3v) is 2.65. The van der Waals surface area contributed by atoms with Gasteiger partial charge in [-0.1, -0.05) is 30.3 Å². The minimum absolute atomic E-state index is 0.185. The van der Waals surface area contributed by atoms with Crippen molar-refractivity contribution < 1.29 is 4.79 Å². The Hall–Kier alpha value is -1.88. The molecule has 1 heterocycles. The van der Waals surface area contributed by atoms with Crippen LogP contribution in [0.25, 0.3) is 0 Å². The third-order valence-electron chi connectivity index (χ3n) is 2.65. The molecule has 0 fully saturated rings. The van der Waals surface area contributed by atoms with E-state index in [4.69, 9.17) is 5.73 Å². The van der Waals surface area contributed by atoms with Crippen molar-refractivity contribution in [3.63, 3.8) is 0 Å². The Kier molecular flexibility index (Phi) is 2.40. The van der Waals surface area contributed by atoms with E-state index in [0.717, 1.165) is 5.56 Å². The van der Waals surface area contributed by atoms with Crippen LogP contribution in [0, 0.1) is 0 Å². The standard InChI is InChI=1S/C11H14N4O/c1-11(12)14-13-9(10(16)15(11)2)8-6-4-3-5-7-8/h3-7,14H,12H2,1-2H3. The molecule has 1 aromatic rings. The molecule has 1 aliphatic heterocycles. The summed E-state index contributed by atoms with van der Waals surface area (Å²) in [6, 6.07) is 9.29. The maximum absolute atomic E-state index is 12.0. The van der Waals surface area contributed by atoms with Gasteiger partial charge in [0.25, 0.3) is 5.91 Å². The van der Waals surface area contributed by atoms with Gasteiger partial charge in [0.05, 0.1) is 0 Å². The van der Waals surface area contributed by atoms with Crippen LogP contribution in [0.4, 0.5) is 0 Å². The maximum Gasteiger partial charge on any atom is 0.277 e. The van der Waals surface area contributed by atoms with Crippen molar-refractivity contribution >= 4 is 11.6 Å². The van der Waals surface area contributed by atoms with Crippen molar-refractivity contribution in [1.82, 2.24) is 10.3 Å². The first-order chi connectivity index (χ1) is 7.52. The number of carbonyl (C=O) groups is 1. The molecule has 5 nitrogen and oxygen atoms in total. The summed E-state index contributed by atoms with van der Waals surface area (Å²) in [6.45, 7) is 1.69. The summed E-state index contributed by atoms with van der Waals surface area (Å²) in [6.07, 6.45) is 0. The predicted octanol–water partition coefficient (Wildman–Crippen LogP) is 0.0847. The first-order valence-corrected chi connectivity index (χ1v) is 5.00. The zero-order chi connectivity index (χ0) is 11.8. The van der Waals surface area contributed by atoms with E-state index in [2.05, 4.69) is 10.5 Å². The zero-order valence-electron chi connectivity index (χ0n) is 9.27. The number of rotatable bonds is 1. The lowest BCUT2D eigenvalue weighted by molar-refractivity contribution is -0.130. The number of hydrogen-bond acceptors (Lipinski definition) is 4. The van der Waals surface area contributed by atoms with Gasteiger partial charge >= 0.3 is 0 Å². The molecule has 0 bridgehead atoms. The van der Waals surface area contributed by atoms with Crippen molar-refractivity contribution in [3.05, 3.63) is 35.9 Å². The van der Waals surface area contributed by atoms with Crippen LogP contribution in [0.1, 0.15) is 12.5 Å². The van der Waals surface area contributed by atoms with Crippen molar-refractivity contribution in [1.29, 1.82) is 0 Å². The number of benzene rings is 1. The molecule has 0 saturated carbocycles. The second-order valence-electron chi connectivity index (χ2n) is 3.95. The third kappa shape index (κ3) is 1.65. The van der Waals surface area contributed by atoms with Gasteiger partial charge in [-0.3, -0.25) is 16.0 Å². The SMILES string of the molecule is CN1C(=O)C(c2ccccc2)=NNC1(C)N. The largest absolute Gasteiger partial charge is 0.304 e. The highest BCUT2D eigenvalue weighted by molar-refractivity contribution is 6.45. The van der Waals surface area contributed by atoms with Gasteiger partial charge in [-0.05, 0) is 6.92 Å². The van der Waals surface area contributed by atoms with Crippen LogP contribution in [-0.2, 0) is 4.79 Å². The normalized spacial score (nSPS) is 25.1. The van der Waals surface area contributed by atoms with Gasteiger partial charge in [-0.2, -0.15) is 5.10 Å². The lowest BCUT2D eigenvalue weighted by Crippen LogP contribution is -2.66. The molecule has 0 spiro atoms. The van der Waals surface area contributed by atoms with Gasteiger partial charge in [0.2, 0.25) is 0 Å². The highest BCUT2D eigenvalue weighted by Crippen LogP contribution is 2.12. The van der Waals surface area contributed by atoms with E-state index >= 15 is 0 Å². The van der Waals surface area contributed by atoms with Gasteiger partial charge < -0.3 is 4.90 Å². The fraction of sp³-hybridized carbons (Fsp3) is 0.273. The van der Waals surface area contributed by atoms with Gasteiger partial charge in [-0.25, -0.2) is 0 Å². The number of carbonyl (C=O) groups excluding carboxylic acids is 1. The van der Waals surface area contributed by atoms with Gasteiger partial charge in [0, 0.05) is 12.6 Å². The lowest BCUT2D eigenvalue weighted by atomic mass is 10.1. The number of nitrogens with zero attached hydrogens (tertiary/aromatic N) is 2. The van der Waals surface area contributed by atoms with E-state index < -0.39 is 5.79 Å². The molecule has 1 unspecified atom stereocenters. The fourth-order valence-electron chi connectivity index (χ4n) is 1.45. The van der Waals surface area contributed by atoms with Crippen molar-refractivity contribution in [2.45, 2.75) is 12.7 Å². The fourth-order valence-corrected chi connectivity index (χ4v) is 1.45. The van der Waals surface area contributed by atoms with E-state index in [1.54, 1.807) is 14.0 Å². The van der Waals surface area contributed by atoms with Crippen molar-refractivity contribution in [3.8, 4) is 0 Å². The number of hydrogen-bond donors (Lipinski definition) is 2. The summed E-state index contributed by atoms with van der Waals surface area (Å²) in [7, 11) is 1.65. The highest BCUT2D eigenvalue weighted by Gasteiger charge is 2.35. The van der Waals surface area contributed by atoms with Gasteiger partial charge in [0.1, 0.15) is 0 Å². The number of likely N-dealkylation sites (N-methyl/N-ethyl adjacent to an activating group) is 1. The second kappa shape index (κ2) is 3.61. The van der Waals surface area contributed by atoms with Gasteiger partial charge in [0.15, 0.2) is 11.5 Å². The molecule has 2 rings (SSSR count). The molecule has 0 radical (unpaired) electrons. The molecule has 0 aromatic heterocycles. The molecule has 84 valence electrons. The first kappa shape index (κ1) is 10.6. The average Bonchev–Trinajstić information content (AvgIpc) is 2.27. The molecular weight excluding hydrogens is 204 g/mol. The summed E-state index contributed by atoms with van der Waals surface area (Å²) in [5.41, 5.74) is 9.76. The quantitative estimate of drug-likeness (QED) is 0.701. The first-order valence-electron chi connectivity index (χ1n) is 5.00. The Balaban J connectivity index is 2.39. The van der Waals surface area contributed by atoms with Crippen molar-refractivity contribution in [2.24, 2.45) is 10.8 Å². The molecule has 1 aromatic carbocycles. The molecule has 1 atom stereocenters. The van der Waals surface area contributed by atoms with Crippen LogP contribution in [-0.4, -0.2) is 29.4 Å². The summed E-state index contributed by atoms with van der Waals surface area (Å²) < 4.78 is 0. The maximum atomic E-state index is 12.0. The predicted molar refractivity (Wildman–Crippen MR) is 61.5 cm³/mol. The number of nitrogens with two attached hydrogens (primary N) is 1. The highest BCUT2D eigenvalue weighted by atomic mass is 16.2. The summed E-state index contributed by atoms with van der Waals surface area (Å²) in [5, 5.41) is 4.03. The van der Waals surface area contributed by atoms with Crippen LogP contribution < -0.4 is 11.2 Å². The molecular formula is C11H14N4O.